The number of benzene rings is 2. The molecule has 0 aliphatic heterocycles. The summed E-state index contributed by atoms with van der Waals surface area (Å²) in [4.78, 5) is 24.1. The third-order valence-corrected chi connectivity index (χ3v) is 3.71. The number of phenolic OH excluding ortho intramolecular Hbond substituents is 1. The molecular formula is C19H20O5. The van der Waals surface area contributed by atoms with Gasteiger partial charge in [0.1, 0.15) is 23.0 Å². The lowest BCUT2D eigenvalue weighted by Crippen LogP contribution is -2.09. The van der Waals surface area contributed by atoms with Crippen LogP contribution < -0.4 is 9.47 Å². The van der Waals surface area contributed by atoms with Gasteiger partial charge in [-0.25, -0.2) is 0 Å². The van der Waals surface area contributed by atoms with Gasteiger partial charge >= 0.3 is 0 Å². The fourth-order valence-corrected chi connectivity index (χ4v) is 2.31. The molecule has 0 fully saturated rings. The minimum absolute atomic E-state index is 0.133. The van der Waals surface area contributed by atoms with E-state index in [1.807, 2.05) is 24.3 Å². The van der Waals surface area contributed by atoms with Gasteiger partial charge in [0.2, 0.25) is 0 Å². The van der Waals surface area contributed by atoms with Gasteiger partial charge in [-0.2, -0.15) is 0 Å². The van der Waals surface area contributed by atoms with Gasteiger partial charge in [0.05, 0.1) is 26.2 Å². The van der Waals surface area contributed by atoms with Crippen molar-refractivity contribution in [2.24, 2.45) is 0 Å². The van der Waals surface area contributed by atoms with Crippen LogP contribution in [-0.2, 0) is 11.2 Å². The van der Waals surface area contributed by atoms with E-state index in [0.717, 1.165) is 11.3 Å². The third kappa shape index (κ3) is 4.59. The van der Waals surface area contributed by atoms with Crippen LogP contribution in [0.3, 0.4) is 0 Å². The van der Waals surface area contributed by atoms with Gasteiger partial charge in [-0.3, -0.25) is 9.59 Å². The molecule has 2 rings (SSSR count). The molecule has 2 aromatic rings. The van der Waals surface area contributed by atoms with Crippen LogP contribution in [0.1, 0.15) is 28.8 Å². The summed E-state index contributed by atoms with van der Waals surface area (Å²) in [5, 5.41) is 9.84. The van der Waals surface area contributed by atoms with Crippen LogP contribution in [0.5, 0.6) is 17.2 Å². The maximum absolute atomic E-state index is 12.1. The summed E-state index contributed by atoms with van der Waals surface area (Å²) in [6.07, 6.45) is 0.607. The number of hydrogen-bond acceptors (Lipinski definition) is 5. The lowest BCUT2D eigenvalue weighted by atomic mass is 10.0. The molecule has 0 unspecified atom stereocenters. The predicted octanol–water partition coefficient (Wildman–Crippen LogP) is 3.18. The van der Waals surface area contributed by atoms with Crippen LogP contribution in [0.25, 0.3) is 0 Å². The van der Waals surface area contributed by atoms with Crippen LogP contribution in [0.2, 0.25) is 0 Å². The van der Waals surface area contributed by atoms with Gasteiger partial charge < -0.3 is 14.6 Å². The number of carbonyl (C=O) groups excluding carboxylic acids is 2. The number of phenols is 1. The molecule has 0 saturated heterocycles. The highest BCUT2D eigenvalue weighted by Gasteiger charge is 2.16. The quantitative estimate of drug-likeness (QED) is 0.595. The molecule has 5 nitrogen and oxygen atoms in total. The molecule has 1 N–H and O–H groups in total. The van der Waals surface area contributed by atoms with Crippen molar-refractivity contribution in [3.8, 4) is 17.2 Å². The fraction of sp³-hybridized carbons (Fsp3) is 0.263. The van der Waals surface area contributed by atoms with Crippen LogP contribution in [-0.4, -0.2) is 30.9 Å². The molecule has 0 atom stereocenters. The van der Waals surface area contributed by atoms with E-state index in [-0.39, 0.29) is 29.9 Å². The highest BCUT2D eigenvalue weighted by atomic mass is 16.5. The molecule has 0 amide bonds. The monoisotopic (exact) mass is 328 g/mol. The Labute approximate surface area is 140 Å². The number of aryl methyl sites for hydroxylation is 1. The molecule has 0 aliphatic rings. The fourth-order valence-electron chi connectivity index (χ4n) is 2.31. The van der Waals surface area contributed by atoms with Gasteiger partial charge in [0, 0.05) is 12.5 Å². The first-order chi connectivity index (χ1) is 11.5. The highest BCUT2D eigenvalue weighted by molar-refractivity contribution is 6.09. The number of Topliss-reactive ketones (excluding diaryl/α,β-unsaturated/α-hetero) is 2. The maximum Gasteiger partial charge on any atom is 0.173 e. The van der Waals surface area contributed by atoms with E-state index in [9.17, 15) is 14.7 Å². The molecule has 2 aromatic carbocycles. The Morgan fingerprint density at radius 3 is 2.17 bits per heavy atom. The summed E-state index contributed by atoms with van der Waals surface area (Å²) in [5.74, 6) is 0.480. The molecule has 0 aliphatic carbocycles. The summed E-state index contributed by atoms with van der Waals surface area (Å²) >= 11 is 0. The zero-order chi connectivity index (χ0) is 17.5. The first-order valence-electron chi connectivity index (χ1n) is 7.58. The topological polar surface area (TPSA) is 72.8 Å². The minimum atomic E-state index is -0.394. The Bertz CT molecular complexity index is 719. The first-order valence-corrected chi connectivity index (χ1v) is 7.58. The van der Waals surface area contributed by atoms with Gasteiger partial charge in [0.15, 0.2) is 5.78 Å². The van der Waals surface area contributed by atoms with Crippen molar-refractivity contribution in [2.75, 3.05) is 14.2 Å². The average Bonchev–Trinajstić information content (AvgIpc) is 2.60. The van der Waals surface area contributed by atoms with E-state index in [1.165, 1.54) is 19.2 Å². The maximum atomic E-state index is 12.1. The van der Waals surface area contributed by atoms with Crippen LogP contribution in [0.4, 0.5) is 0 Å². The van der Waals surface area contributed by atoms with Gasteiger partial charge in [-0.05, 0) is 36.2 Å². The Morgan fingerprint density at radius 2 is 1.58 bits per heavy atom. The van der Waals surface area contributed by atoms with Gasteiger partial charge in [-0.15, -0.1) is 0 Å². The molecule has 0 aromatic heterocycles. The minimum Gasteiger partial charge on any atom is -0.507 e. The molecule has 0 bridgehead atoms. The van der Waals surface area contributed by atoms with Crippen LogP contribution >= 0.6 is 0 Å². The number of methoxy groups -OCH3 is 2. The van der Waals surface area contributed by atoms with E-state index in [1.54, 1.807) is 13.2 Å². The summed E-state index contributed by atoms with van der Waals surface area (Å²) in [6, 6.07) is 11.9. The standard InChI is InChI=1S/C19H20O5/c1-23-15-7-4-13(5-8-15)3-6-14(20)11-18(21)17-10-9-16(24-2)12-19(17)22/h4-5,7-10,12,22H,3,6,11H2,1-2H3. The lowest BCUT2D eigenvalue weighted by molar-refractivity contribution is -0.118. The SMILES string of the molecule is COc1ccc(CCC(=O)CC(=O)c2ccc(OC)cc2O)cc1. The Hall–Kier alpha value is -2.82. The molecule has 24 heavy (non-hydrogen) atoms. The second kappa shape index (κ2) is 8.15. The number of rotatable bonds is 8. The summed E-state index contributed by atoms with van der Waals surface area (Å²) < 4.78 is 10.0. The predicted molar refractivity (Wildman–Crippen MR) is 89.9 cm³/mol. The van der Waals surface area contributed by atoms with Gasteiger partial charge in [-0.1, -0.05) is 12.1 Å². The van der Waals surface area contributed by atoms with Crippen molar-refractivity contribution in [3.05, 3.63) is 53.6 Å². The summed E-state index contributed by atoms with van der Waals surface area (Å²) in [5.41, 5.74) is 1.14. The number of ether oxygens (including phenoxy) is 2. The third-order valence-electron chi connectivity index (χ3n) is 3.71. The summed E-state index contributed by atoms with van der Waals surface area (Å²) in [6.45, 7) is 0. The number of hydrogen-bond donors (Lipinski definition) is 1. The van der Waals surface area contributed by atoms with Gasteiger partial charge in [0.25, 0.3) is 0 Å². The Morgan fingerprint density at radius 1 is 0.958 bits per heavy atom. The van der Waals surface area contributed by atoms with Crippen molar-refractivity contribution >= 4 is 11.6 Å². The van der Waals surface area contributed by atoms with E-state index in [2.05, 4.69) is 0 Å². The second-order valence-corrected chi connectivity index (χ2v) is 5.37. The molecule has 0 spiro atoms. The molecule has 0 radical (unpaired) electrons. The summed E-state index contributed by atoms with van der Waals surface area (Å²) in [7, 11) is 3.07. The van der Waals surface area contributed by atoms with Crippen LogP contribution in [0.15, 0.2) is 42.5 Å². The molecule has 0 heterocycles. The molecule has 126 valence electrons. The lowest BCUT2D eigenvalue weighted by Gasteiger charge is -2.06. The van der Waals surface area contributed by atoms with E-state index in [0.29, 0.717) is 12.2 Å². The first kappa shape index (κ1) is 17.5. The number of carbonyl (C=O) groups is 2. The highest BCUT2D eigenvalue weighted by Crippen LogP contribution is 2.24. The normalized spacial score (nSPS) is 10.2. The number of ketones is 2. The zero-order valence-electron chi connectivity index (χ0n) is 13.7. The Balaban J connectivity index is 1.90. The van der Waals surface area contributed by atoms with Crippen molar-refractivity contribution < 1.29 is 24.2 Å². The van der Waals surface area contributed by atoms with E-state index >= 15 is 0 Å². The van der Waals surface area contributed by atoms with Crippen LogP contribution in [0, 0.1) is 0 Å². The molecule has 0 saturated carbocycles. The largest absolute Gasteiger partial charge is 0.507 e. The van der Waals surface area contributed by atoms with Crippen molar-refractivity contribution in [2.45, 2.75) is 19.3 Å². The van der Waals surface area contributed by atoms with E-state index in [4.69, 9.17) is 9.47 Å². The molecular weight excluding hydrogens is 308 g/mol. The zero-order valence-corrected chi connectivity index (χ0v) is 13.7. The van der Waals surface area contributed by atoms with Crippen molar-refractivity contribution in [1.82, 2.24) is 0 Å². The number of aromatic hydroxyl groups is 1. The van der Waals surface area contributed by atoms with Crippen molar-refractivity contribution in [1.29, 1.82) is 0 Å². The van der Waals surface area contributed by atoms with Crippen molar-refractivity contribution in [3.63, 3.8) is 0 Å². The average molecular weight is 328 g/mol. The smallest absolute Gasteiger partial charge is 0.173 e. The molecule has 5 heteroatoms. The van der Waals surface area contributed by atoms with E-state index < -0.39 is 5.78 Å². The Kier molecular flexibility index (Phi) is 5.95. The second-order valence-electron chi connectivity index (χ2n) is 5.37.